The van der Waals surface area contributed by atoms with Crippen molar-refractivity contribution in [3.8, 4) is 0 Å². The summed E-state index contributed by atoms with van der Waals surface area (Å²) in [6.45, 7) is 1.46. The van der Waals surface area contributed by atoms with E-state index in [0.29, 0.717) is 0 Å². The molecule has 3 rings (SSSR count). The van der Waals surface area contributed by atoms with E-state index in [9.17, 15) is 26.4 Å². The molecular formula is C17H16Cl2F3N3O3S. The second kappa shape index (κ2) is 7.17. The second-order valence-electron chi connectivity index (χ2n) is 7.46. The van der Waals surface area contributed by atoms with Crippen LogP contribution in [0.5, 0.6) is 0 Å². The molecule has 2 heterocycles. The number of nitrogens with zero attached hydrogens (tertiary/aromatic N) is 2. The summed E-state index contributed by atoms with van der Waals surface area (Å²) in [5.41, 5.74) is -1.58. The topological polar surface area (TPSA) is 81.1 Å². The first-order valence-corrected chi connectivity index (χ1v) is 10.7. The van der Waals surface area contributed by atoms with Crippen molar-refractivity contribution in [2.45, 2.75) is 30.6 Å². The number of carbonyl (C=O) groups excluding carboxylic acids is 1. The second-order valence-corrected chi connectivity index (χ2v) is 10.2. The number of sulfone groups is 1. The molecule has 0 aliphatic heterocycles. The number of halogens is 5. The lowest BCUT2D eigenvalue weighted by atomic mass is 9.69. The van der Waals surface area contributed by atoms with E-state index in [0.717, 1.165) is 6.20 Å². The van der Waals surface area contributed by atoms with E-state index in [1.165, 1.54) is 30.8 Å². The summed E-state index contributed by atoms with van der Waals surface area (Å²) in [5.74, 6) is -5.25. The van der Waals surface area contributed by atoms with Crippen molar-refractivity contribution in [1.29, 1.82) is 0 Å². The number of carbonyl (C=O) groups is 1. The zero-order valence-corrected chi connectivity index (χ0v) is 17.6. The molecule has 6 nitrogen and oxygen atoms in total. The SMILES string of the molecule is Cn1cc(S(=O)(=O)CC2(C)CC(F)(F)C2)c(Cl)c1C(=O)Nc1ccnc(Cl)c1F. The number of aromatic nitrogens is 2. The van der Waals surface area contributed by atoms with Crippen LogP contribution in [0.1, 0.15) is 30.3 Å². The number of hydrogen-bond acceptors (Lipinski definition) is 4. The van der Waals surface area contributed by atoms with Gasteiger partial charge in [0, 0.05) is 32.3 Å². The maximum atomic E-state index is 14.0. The molecule has 1 aliphatic carbocycles. The number of nitrogens with one attached hydrogen (secondary N) is 1. The van der Waals surface area contributed by atoms with Crippen molar-refractivity contribution >= 4 is 44.6 Å². The monoisotopic (exact) mass is 469 g/mol. The summed E-state index contributed by atoms with van der Waals surface area (Å²) in [4.78, 5) is 15.7. The molecule has 1 fully saturated rings. The predicted octanol–water partition coefficient (Wildman–Crippen LogP) is 4.33. The fourth-order valence-corrected chi connectivity index (χ4v) is 6.32. The van der Waals surface area contributed by atoms with Gasteiger partial charge in [0.25, 0.3) is 5.91 Å². The van der Waals surface area contributed by atoms with E-state index < -0.39 is 56.6 Å². The number of alkyl halides is 2. The Balaban J connectivity index is 1.88. The maximum Gasteiger partial charge on any atom is 0.273 e. The van der Waals surface area contributed by atoms with Crippen LogP contribution >= 0.6 is 23.2 Å². The zero-order valence-electron chi connectivity index (χ0n) is 15.3. The largest absolute Gasteiger partial charge is 0.344 e. The number of rotatable bonds is 5. The summed E-state index contributed by atoms with van der Waals surface area (Å²) >= 11 is 11.7. The van der Waals surface area contributed by atoms with E-state index in [-0.39, 0.29) is 21.3 Å². The van der Waals surface area contributed by atoms with Gasteiger partial charge in [0.05, 0.1) is 16.5 Å². The number of pyridine rings is 1. The highest BCUT2D eigenvalue weighted by molar-refractivity contribution is 7.91. The standard InChI is InChI=1S/C17H16Cl2F3N3O3S/c1-16(6-17(21,22)7-16)8-29(27,28)10-5-25(2)13(11(10)18)15(26)24-9-3-4-23-14(19)12(9)20/h3-5H,6-8H2,1-2H3,(H,23,24,26). The summed E-state index contributed by atoms with van der Waals surface area (Å²) in [7, 11) is -2.67. The summed E-state index contributed by atoms with van der Waals surface area (Å²) in [6.07, 6.45) is 1.22. The summed E-state index contributed by atoms with van der Waals surface area (Å²) < 4.78 is 67.1. The molecule has 0 atom stereocenters. The highest BCUT2D eigenvalue weighted by Gasteiger charge is 2.55. The highest BCUT2D eigenvalue weighted by atomic mass is 35.5. The van der Waals surface area contributed by atoms with Crippen LogP contribution in [0.2, 0.25) is 10.2 Å². The Labute approximate surface area is 174 Å². The number of aryl methyl sites for hydroxylation is 1. The molecule has 0 radical (unpaired) electrons. The van der Waals surface area contributed by atoms with Crippen LogP contribution in [0.25, 0.3) is 0 Å². The van der Waals surface area contributed by atoms with Crippen LogP contribution in [0, 0.1) is 11.2 Å². The van der Waals surface area contributed by atoms with Gasteiger partial charge in [-0.05, 0) is 11.5 Å². The van der Waals surface area contributed by atoms with Gasteiger partial charge in [-0.3, -0.25) is 4.79 Å². The molecule has 2 aromatic rings. The molecule has 1 N–H and O–H groups in total. The lowest BCUT2D eigenvalue weighted by Crippen LogP contribution is -2.47. The molecule has 1 amide bonds. The van der Waals surface area contributed by atoms with Crippen LogP contribution in [0.3, 0.4) is 0 Å². The number of hydrogen-bond donors (Lipinski definition) is 1. The third-order valence-electron chi connectivity index (χ3n) is 4.64. The van der Waals surface area contributed by atoms with Gasteiger partial charge >= 0.3 is 0 Å². The van der Waals surface area contributed by atoms with Gasteiger partial charge < -0.3 is 9.88 Å². The maximum absolute atomic E-state index is 14.0. The van der Waals surface area contributed by atoms with Crippen molar-refractivity contribution in [2.24, 2.45) is 12.5 Å². The van der Waals surface area contributed by atoms with Crippen LogP contribution in [-0.4, -0.2) is 35.6 Å². The lowest BCUT2D eigenvalue weighted by molar-refractivity contribution is -0.144. The molecule has 1 saturated carbocycles. The number of amides is 1. The molecule has 2 aromatic heterocycles. The first-order valence-electron chi connectivity index (χ1n) is 8.31. The summed E-state index contributed by atoms with van der Waals surface area (Å²) in [6, 6.07) is 1.17. The minimum atomic E-state index is -4.05. The smallest absolute Gasteiger partial charge is 0.273 e. The highest BCUT2D eigenvalue weighted by Crippen LogP contribution is 2.53. The molecule has 12 heteroatoms. The Morgan fingerprint density at radius 1 is 1.34 bits per heavy atom. The Bertz CT molecular complexity index is 1090. The van der Waals surface area contributed by atoms with E-state index in [4.69, 9.17) is 23.2 Å². The van der Waals surface area contributed by atoms with Gasteiger partial charge in [-0.1, -0.05) is 30.1 Å². The molecule has 29 heavy (non-hydrogen) atoms. The van der Waals surface area contributed by atoms with Crippen molar-refractivity contribution in [2.75, 3.05) is 11.1 Å². The normalized spacial score (nSPS) is 17.6. The van der Waals surface area contributed by atoms with Gasteiger partial charge in [0.15, 0.2) is 20.8 Å². The van der Waals surface area contributed by atoms with E-state index in [2.05, 4.69) is 10.3 Å². The van der Waals surface area contributed by atoms with Crippen LogP contribution in [-0.2, 0) is 16.9 Å². The molecule has 0 spiro atoms. The fraction of sp³-hybridized carbons (Fsp3) is 0.412. The Kier molecular flexibility index (Phi) is 5.42. The van der Waals surface area contributed by atoms with Crippen molar-refractivity contribution < 1.29 is 26.4 Å². The minimum absolute atomic E-state index is 0.235. The molecule has 0 saturated heterocycles. The van der Waals surface area contributed by atoms with Gasteiger partial charge in [0.2, 0.25) is 5.92 Å². The molecule has 158 valence electrons. The lowest BCUT2D eigenvalue weighted by Gasteiger charge is -2.44. The average molecular weight is 470 g/mol. The quantitative estimate of drug-likeness (QED) is 0.660. The van der Waals surface area contributed by atoms with Crippen LogP contribution in [0.4, 0.5) is 18.9 Å². The van der Waals surface area contributed by atoms with E-state index in [1.807, 2.05) is 0 Å². The average Bonchev–Trinajstić information content (AvgIpc) is 2.84. The molecule has 0 bridgehead atoms. The minimum Gasteiger partial charge on any atom is -0.344 e. The van der Waals surface area contributed by atoms with Gasteiger partial charge in [0.1, 0.15) is 10.6 Å². The third kappa shape index (κ3) is 4.24. The first kappa shape index (κ1) is 21.9. The predicted molar refractivity (Wildman–Crippen MR) is 102 cm³/mol. The molecule has 0 aromatic carbocycles. The van der Waals surface area contributed by atoms with Crippen LogP contribution in [0.15, 0.2) is 23.4 Å². The molecular weight excluding hydrogens is 454 g/mol. The van der Waals surface area contributed by atoms with Gasteiger partial charge in [-0.25, -0.2) is 26.6 Å². The van der Waals surface area contributed by atoms with E-state index >= 15 is 0 Å². The van der Waals surface area contributed by atoms with Crippen molar-refractivity contribution in [1.82, 2.24) is 9.55 Å². The molecule has 1 aliphatic rings. The Morgan fingerprint density at radius 3 is 2.55 bits per heavy atom. The zero-order chi connectivity index (χ0) is 21.8. The first-order chi connectivity index (χ1) is 13.2. The van der Waals surface area contributed by atoms with Gasteiger partial charge in [-0.2, -0.15) is 0 Å². The van der Waals surface area contributed by atoms with Crippen LogP contribution < -0.4 is 5.32 Å². The Hall–Kier alpha value is -1.78. The summed E-state index contributed by atoms with van der Waals surface area (Å²) in [5, 5.41) is 1.43. The molecule has 0 unspecified atom stereocenters. The van der Waals surface area contributed by atoms with E-state index in [1.54, 1.807) is 0 Å². The van der Waals surface area contributed by atoms with Crippen molar-refractivity contribution in [3.05, 3.63) is 40.1 Å². The Morgan fingerprint density at radius 2 is 1.97 bits per heavy atom. The van der Waals surface area contributed by atoms with Gasteiger partial charge in [-0.15, -0.1) is 0 Å². The fourth-order valence-electron chi connectivity index (χ4n) is 3.58. The number of anilines is 1. The van der Waals surface area contributed by atoms with Crippen molar-refractivity contribution in [3.63, 3.8) is 0 Å². The third-order valence-corrected chi connectivity index (χ3v) is 7.46.